The minimum Gasteiger partial charge on any atom is -0.368 e. The molecule has 1 heterocycles. The third-order valence-electron chi connectivity index (χ3n) is 4.54. The number of carbonyl (C=O) groups excluding carboxylic acids is 1. The number of halogens is 1. The number of hydrazone groups is 1. The Morgan fingerprint density at radius 1 is 1.18 bits per heavy atom. The first-order valence-corrected chi connectivity index (χ1v) is 9.13. The molecule has 1 N–H and O–H groups in total. The minimum absolute atomic E-state index is 0.0247. The molecular weight excluding hydrogens is 382 g/mol. The standard InChI is InChI=1S/C19H20ClN5O3/c1-23-8-10-24(11-9-23)18-7-6-17(25(27)28)12-15(18)13-21-22-19(26)14-2-4-16(20)5-3-14/h2-7,12-13H,8-11H2,1H3,(H,22,26)/b21-13+. The van der Waals surface area contributed by atoms with Crippen LogP contribution in [0.5, 0.6) is 0 Å². The van der Waals surface area contributed by atoms with Gasteiger partial charge >= 0.3 is 0 Å². The van der Waals surface area contributed by atoms with Crippen molar-refractivity contribution in [2.24, 2.45) is 5.10 Å². The molecule has 1 fully saturated rings. The van der Waals surface area contributed by atoms with E-state index in [1.165, 1.54) is 18.3 Å². The van der Waals surface area contributed by atoms with Crippen molar-refractivity contribution in [2.75, 3.05) is 38.1 Å². The number of likely N-dealkylation sites (N-methyl/N-ethyl adjacent to an activating group) is 1. The summed E-state index contributed by atoms with van der Waals surface area (Å²) in [6.45, 7) is 3.43. The van der Waals surface area contributed by atoms with Crippen molar-refractivity contribution >= 4 is 35.1 Å². The van der Waals surface area contributed by atoms with E-state index >= 15 is 0 Å². The molecule has 1 aliphatic heterocycles. The number of nitro groups is 1. The molecule has 0 spiro atoms. The second-order valence-electron chi connectivity index (χ2n) is 6.50. The normalized spacial score (nSPS) is 15.0. The average molecular weight is 402 g/mol. The van der Waals surface area contributed by atoms with E-state index in [0.717, 1.165) is 31.9 Å². The molecule has 0 unspecified atom stereocenters. The summed E-state index contributed by atoms with van der Waals surface area (Å²) in [6.07, 6.45) is 1.44. The van der Waals surface area contributed by atoms with Gasteiger partial charge in [0.15, 0.2) is 0 Å². The number of benzene rings is 2. The third kappa shape index (κ3) is 4.85. The Kier molecular flexibility index (Phi) is 6.23. The van der Waals surface area contributed by atoms with Crippen LogP contribution < -0.4 is 10.3 Å². The van der Waals surface area contributed by atoms with Gasteiger partial charge < -0.3 is 9.80 Å². The number of hydrogen-bond acceptors (Lipinski definition) is 6. The molecule has 3 rings (SSSR count). The first-order valence-electron chi connectivity index (χ1n) is 8.75. The second kappa shape index (κ2) is 8.81. The van der Waals surface area contributed by atoms with Crippen LogP contribution in [0.25, 0.3) is 0 Å². The van der Waals surface area contributed by atoms with Crippen LogP contribution in [0.4, 0.5) is 11.4 Å². The topological polar surface area (TPSA) is 91.1 Å². The van der Waals surface area contributed by atoms with Crippen molar-refractivity contribution in [2.45, 2.75) is 0 Å². The molecule has 0 bridgehead atoms. The quantitative estimate of drug-likeness (QED) is 0.472. The molecule has 0 saturated carbocycles. The SMILES string of the molecule is CN1CCN(c2ccc([N+](=O)[O-])cc2/C=N/NC(=O)c2ccc(Cl)cc2)CC1. The van der Waals surface area contributed by atoms with Crippen LogP contribution in [0.1, 0.15) is 15.9 Å². The lowest BCUT2D eigenvalue weighted by Crippen LogP contribution is -2.44. The van der Waals surface area contributed by atoms with Gasteiger partial charge in [0, 0.05) is 60.1 Å². The summed E-state index contributed by atoms with van der Waals surface area (Å²) in [7, 11) is 2.06. The van der Waals surface area contributed by atoms with Crippen LogP contribution in [0.3, 0.4) is 0 Å². The number of carbonyl (C=O) groups is 1. The summed E-state index contributed by atoms with van der Waals surface area (Å²) in [5, 5.41) is 15.7. The summed E-state index contributed by atoms with van der Waals surface area (Å²) in [6, 6.07) is 11.1. The van der Waals surface area contributed by atoms with E-state index in [0.29, 0.717) is 16.1 Å². The number of piperazine rings is 1. The zero-order chi connectivity index (χ0) is 20.1. The first kappa shape index (κ1) is 19.8. The maximum absolute atomic E-state index is 12.2. The Hall–Kier alpha value is -2.97. The molecule has 1 amide bonds. The summed E-state index contributed by atoms with van der Waals surface area (Å²) in [4.78, 5) is 27.2. The number of rotatable bonds is 5. The monoisotopic (exact) mass is 401 g/mol. The van der Waals surface area contributed by atoms with Crippen LogP contribution in [0.15, 0.2) is 47.6 Å². The van der Waals surface area contributed by atoms with Crippen LogP contribution in [-0.2, 0) is 0 Å². The van der Waals surface area contributed by atoms with E-state index in [1.54, 1.807) is 30.3 Å². The number of nitrogens with one attached hydrogen (secondary N) is 1. The minimum atomic E-state index is -0.447. The van der Waals surface area contributed by atoms with Crippen molar-refractivity contribution < 1.29 is 9.72 Å². The zero-order valence-corrected chi connectivity index (χ0v) is 16.1. The number of amides is 1. The van der Waals surface area contributed by atoms with E-state index in [-0.39, 0.29) is 11.6 Å². The highest BCUT2D eigenvalue weighted by molar-refractivity contribution is 6.30. The van der Waals surface area contributed by atoms with Crippen LogP contribution in [0.2, 0.25) is 5.02 Å². The third-order valence-corrected chi connectivity index (χ3v) is 4.79. The van der Waals surface area contributed by atoms with Gasteiger partial charge in [-0.3, -0.25) is 14.9 Å². The number of hydrogen-bond donors (Lipinski definition) is 1. The maximum Gasteiger partial charge on any atom is 0.271 e. The van der Waals surface area contributed by atoms with Crippen molar-refractivity contribution in [1.29, 1.82) is 0 Å². The second-order valence-corrected chi connectivity index (χ2v) is 6.93. The van der Waals surface area contributed by atoms with Crippen molar-refractivity contribution in [1.82, 2.24) is 10.3 Å². The lowest BCUT2D eigenvalue weighted by Gasteiger charge is -2.34. The molecule has 0 aliphatic carbocycles. The molecule has 9 heteroatoms. The molecular formula is C19H20ClN5O3. The average Bonchev–Trinajstić information content (AvgIpc) is 2.69. The molecule has 2 aromatic carbocycles. The number of nitrogens with zero attached hydrogens (tertiary/aromatic N) is 4. The maximum atomic E-state index is 12.2. The van der Waals surface area contributed by atoms with Crippen molar-refractivity contribution in [3.63, 3.8) is 0 Å². The fourth-order valence-electron chi connectivity index (χ4n) is 2.92. The molecule has 1 aliphatic rings. The predicted molar refractivity (Wildman–Crippen MR) is 109 cm³/mol. The number of anilines is 1. The van der Waals surface area contributed by atoms with Crippen LogP contribution >= 0.6 is 11.6 Å². The Balaban J connectivity index is 1.79. The molecule has 1 saturated heterocycles. The smallest absolute Gasteiger partial charge is 0.271 e. The Morgan fingerprint density at radius 3 is 2.50 bits per heavy atom. The molecule has 0 atom stereocenters. The van der Waals surface area contributed by atoms with Gasteiger partial charge in [0.2, 0.25) is 0 Å². The molecule has 0 aromatic heterocycles. The summed E-state index contributed by atoms with van der Waals surface area (Å²) >= 11 is 5.82. The van der Waals surface area contributed by atoms with E-state index < -0.39 is 4.92 Å². The fourth-order valence-corrected chi connectivity index (χ4v) is 3.05. The van der Waals surface area contributed by atoms with Crippen LogP contribution in [-0.4, -0.2) is 55.2 Å². The molecule has 8 nitrogen and oxygen atoms in total. The van der Waals surface area contributed by atoms with Crippen LogP contribution in [0, 0.1) is 10.1 Å². The fraction of sp³-hybridized carbons (Fsp3) is 0.263. The molecule has 2 aromatic rings. The lowest BCUT2D eigenvalue weighted by molar-refractivity contribution is -0.384. The van der Waals surface area contributed by atoms with E-state index in [1.807, 2.05) is 0 Å². The highest BCUT2D eigenvalue weighted by Gasteiger charge is 2.18. The zero-order valence-electron chi connectivity index (χ0n) is 15.3. The van der Waals surface area contributed by atoms with Gasteiger partial charge in [0.05, 0.1) is 11.1 Å². The van der Waals surface area contributed by atoms with Gasteiger partial charge in [-0.15, -0.1) is 0 Å². The van der Waals surface area contributed by atoms with Gasteiger partial charge in [0.1, 0.15) is 0 Å². The van der Waals surface area contributed by atoms with Gasteiger partial charge in [-0.2, -0.15) is 5.10 Å². The number of non-ortho nitro benzene ring substituents is 1. The Labute approximate surface area is 167 Å². The first-order chi connectivity index (χ1) is 13.4. The summed E-state index contributed by atoms with van der Waals surface area (Å²) < 4.78 is 0. The lowest BCUT2D eigenvalue weighted by atomic mass is 10.1. The Morgan fingerprint density at radius 2 is 1.86 bits per heavy atom. The largest absolute Gasteiger partial charge is 0.368 e. The van der Waals surface area contributed by atoms with Crippen molar-refractivity contribution in [3.8, 4) is 0 Å². The highest BCUT2D eigenvalue weighted by atomic mass is 35.5. The van der Waals surface area contributed by atoms with E-state index in [9.17, 15) is 14.9 Å². The van der Waals surface area contributed by atoms with E-state index in [2.05, 4.69) is 27.4 Å². The van der Waals surface area contributed by atoms with Gasteiger partial charge in [0.25, 0.3) is 11.6 Å². The highest BCUT2D eigenvalue weighted by Crippen LogP contribution is 2.25. The summed E-state index contributed by atoms with van der Waals surface area (Å²) in [5.74, 6) is -0.389. The van der Waals surface area contributed by atoms with E-state index in [4.69, 9.17) is 11.6 Å². The molecule has 28 heavy (non-hydrogen) atoms. The number of nitro benzene ring substituents is 1. The summed E-state index contributed by atoms with van der Waals surface area (Å²) in [5.41, 5.74) is 4.26. The van der Waals surface area contributed by atoms with Crippen molar-refractivity contribution in [3.05, 3.63) is 68.7 Å². The molecule has 146 valence electrons. The van der Waals surface area contributed by atoms with Gasteiger partial charge in [-0.05, 0) is 37.4 Å². The Bertz CT molecular complexity index is 893. The molecule has 0 radical (unpaired) electrons. The predicted octanol–water partition coefficient (Wildman–Crippen LogP) is 2.76. The van der Waals surface area contributed by atoms with Gasteiger partial charge in [-0.25, -0.2) is 5.43 Å². The van der Waals surface area contributed by atoms with Gasteiger partial charge in [-0.1, -0.05) is 11.6 Å².